The molecule has 0 amide bonds. The average molecular weight is 538 g/mol. The standard InChI is InChI=1S/C21H22ClP.Au/c1-16-4-10-19(11-5-16)23(22,20-12-6-17(2)7-13-20)21-14-8-18(3)9-15-21;/h4-15,23H,1-3H3;. The van der Waals surface area contributed by atoms with Crippen molar-refractivity contribution < 1.29 is 22.4 Å². The van der Waals surface area contributed by atoms with Gasteiger partial charge < -0.3 is 0 Å². The topological polar surface area (TPSA) is 0 Å². The van der Waals surface area contributed by atoms with E-state index < -0.39 is 6.62 Å². The molecule has 0 aliphatic heterocycles. The van der Waals surface area contributed by atoms with Gasteiger partial charge in [0.15, 0.2) is 0 Å². The molecule has 3 heteroatoms. The van der Waals surface area contributed by atoms with Crippen LogP contribution in [0.4, 0.5) is 0 Å². The molecule has 0 fully saturated rings. The molecule has 0 aliphatic carbocycles. The molecule has 0 nitrogen and oxygen atoms in total. The Hall–Kier alpha value is -0.880. The Balaban J connectivity index is 0.00000208. The summed E-state index contributed by atoms with van der Waals surface area (Å²) in [6.07, 6.45) is 0. The molecule has 0 aliphatic rings. The molecule has 24 heavy (non-hydrogen) atoms. The second-order valence-electron chi connectivity index (χ2n) is 6.26. The fourth-order valence-corrected chi connectivity index (χ4v) is 6.86. The molecule has 0 unspecified atom stereocenters. The summed E-state index contributed by atoms with van der Waals surface area (Å²) in [5.41, 5.74) is 3.78. The van der Waals surface area contributed by atoms with Crippen molar-refractivity contribution in [1.29, 1.82) is 0 Å². The molecule has 3 rings (SSSR count). The van der Waals surface area contributed by atoms with Crippen LogP contribution in [0.3, 0.4) is 0 Å². The van der Waals surface area contributed by atoms with Crippen molar-refractivity contribution in [3.8, 4) is 0 Å². The molecule has 0 heterocycles. The first-order valence-electron chi connectivity index (χ1n) is 7.90. The van der Waals surface area contributed by atoms with E-state index in [2.05, 4.69) is 93.6 Å². The molecule has 0 saturated heterocycles. The van der Waals surface area contributed by atoms with Crippen LogP contribution in [0, 0.1) is 20.8 Å². The summed E-state index contributed by atoms with van der Waals surface area (Å²) in [6.45, 7) is 3.86. The quantitative estimate of drug-likeness (QED) is 0.333. The summed E-state index contributed by atoms with van der Waals surface area (Å²) in [5, 5.41) is 3.70. The fourth-order valence-electron chi connectivity index (χ4n) is 2.85. The maximum absolute atomic E-state index is 7.41. The molecule has 0 spiro atoms. The third kappa shape index (κ3) is 3.85. The smallest absolute Gasteiger partial charge is 0 e. The summed E-state index contributed by atoms with van der Waals surface area (Å²) in [5.74, 6) is 0. The predicted molar refractivity (Wildman–Crippen MR) is 107 cm³/mol. The molecule has 0 bridgehead atoms. The molecular formula is C21H22AuClP. The van der Waals surface area contributed by atoms with Crippen molar-refractivity contribution in [2.45, 2.75) is 20.8 Å². The molecule has 0 atom stereocenters. The first-order chi connectivity index (χ1) is 11.0. The number of hydrogen-bond acceptors (Lipinski definition) is 0. The Morgan fingerprint density at radius 1 is 0.500 bits per heavy atom. The van der Waals surface area contributed by atoms with Crippen LogP contribution in [0.15, 0.2) is 72.8 Å². The Labute approximate surface area is 165 Å². The van der Waals surface area contributed by atoms with Crippen molar-refractivity contribution in [3.05, 3.63) is 89.5 Å². The minimum absolute atomic E-state index is 0. The Bertz CT molecular complexity index is 682. The van der Waals surface area contributed by atoms with E-state index in [1.807, 2.05) is 0 Å². The van der Waals surface area contributed by atoms with Crippen molar-refractivity contribution in [1.82, 2.24) is 0 Å². The maximum atomic E-state index is 7.41. The van der Waals surface area contributed by atoms with Gasteiger partial charge in [0.2, 0.25) is 0 Å². The Kier molecular flexibility index (Phi) is 6.48. The minimum atomic E-state index is -2.47. The number of rotatable bonds is 3. The van der Waals surface area contributed by atoms with Gasteiger partial charge in [0.05, 0.1) is 0 Å². The number of aryl methyl sites for hydroxylation is 3. The third-order valence-corrected chi connectivity index (χ3v) is 9.70. The van der Waals surface area contributed by atoms with Gasteiger partial charge in [-0.2, -0.15) is 0 Å². The van der Waals surface area contributed by atoms with E-state index >= 15 is 0 Å². The normalized spacial score (nSPS) is 11.7. The molecule has 0 aromatic heterocycles. The zero-order chi connectivity index (χ0) is 16.4. The van der Waals surface area contributed by atoms with Gasteiger partial charge in [0.25, 0.3) is 0 Å². The summed E-state index contributed by atoms with van der Waals surface area (Å²) in [6, 6.07) is 26.1. The average Bonchev–Trinajstić information content (AvgIpc) is 2.56. The van der Waals surface area contributed by atoms with Crippen LogP contribution < -0.4 is 15.9 Å². The van der Waals surface area contributed by atoms with Gasteiger partial charge in [0, 0.05) is 22.4 Å². The van der Waals surface area contributed by atoms with Crippen LogP contribution in [0.5, 0.6) is 0 Å². The Morgan fingerprint density at radius 3 is 0.917 bits per heavy atom. The summed E-state index contributed by atoms with van der Waals surface area (Å²) < 4.78 is 0. The molecule has 3 aromatic carbocycles. The van der Waals surface area contributed by atoms with E-state index in [0.29, 0.717) is 0 Å². The molecule has 0 saturated carbocycles. The van der Waals surface area contributed by atoms with Crippen LogP contribution in [-0.4, -0.2) is 0 Å². The van der Waals surface area contributed by atoms with Crippen LogP contribution in [0.25, 0.3) is 0 Å². The van der Waals surface area contributed by atoms with Crippen LogP contribution in [0.2, 0.25) is 0 Å². The molecular weight excluding hydrogens is 516 g/mol. The van der Waals surface area contributed by atoms with Gasteiger partial charge in [-0.1, -0.05) is 0 Å². The minimum Gasteiger partial charge on any atom is 0 e. The van der Waals surface area contributed by atoms with Gasteiger partial charge in [-0.05, 0) is 0 Å². The summed E-state index contributed by atoms with van der Waals surface area (Å²) in [4.78, 5) is 0. The summed E-state index contributed by atoms with van der Waals surface area (Å²) in [7, 11) is 0. The Morgan fingerprint density at radius 2 is 0.708 bits per heavy atom. The molecule has 1 radical (unpaired) electrons. The van der Waals surface area contributed by atoms with E-state index in [0.717, 1.165) is 0 Å². The maximum Gasteiger partial charge on any atom is 0 e. The van der Waals surface area contributed by atoms with Gasteiger partial charge >= 0.3 is 144 Å². The zero-order valence-electron chi connectivity index (χ0n) is 14.1. The molecule has 129 valence electrons. The number of hydrogen-bond donors (Lipinski definition) is 0. The third-order valence-electron chi connectivity index (χ3n) is 4.35. The SMILES string of the molecule is Cc1ccc([PH](Cl)(c2ccc(C)cc2)c2ccc(C)cc2)cc1.[Au]. The van der Waals surface area contributed by atoms with Crippen LogP contribution >= 0.6 is 17.9 Å². The van der Waals surface area contributed by atoms with Crippen molar-refractivity contribution in [2.24, 2.45) is 0 Å². The van der Waals surface area contributed by atoms with Gasteiger partial charge in [0.1, 0.15) is 0 Å². The van der Waals surface area contributed by atoms with Gasteiger partial charge in [-0.25, -0.2) is 0 Å². The van der Waals surface area contributed by atoms with Crippen molar-refractivity contribution >= 4 is 33.8 Å². The molecule has 0 N–H and O–H groups in total. The summed E-state index contributed by atoms with van der Waals surface area (Å²) >= 11 is 7.41. The largest absolute Gasteiger partial charge is 0 e. The zero-order valence-corrected chi connectivity index (χ0v) is 18.0. The number of benzene rings is 3. The van der Waals surface area contributed by atoms with E-state index in [4.69, 9.17) is 11.2 Å². The predicted octanol–water partition coefficient (Wildman–Crippen LogP) is 4.79. The second kappa shape index (κ2) is 8.00. The van der Waals surface area contributed by atoms with E-state index in [1.165, 1.54) is 32.6 Å². The first-order valence-corrected chi connectivity index (χ1v) is 10.9. The van der Waals surface area contributed by atoms with Crippen LogP contribution in [0.1, 0.15) is 16.7 Å². The monoisotopic (exact) mass is 537 g/mol. The first kappa shape index (κ1) is 19.4. The fraction of sp³-hybridized carbons (Fsp3) is 0.143. The van der Waals surface area contributed by atoms with E-state index in [9.17, 15) is 0 Å². The molecule has 3 aromatic rings. The van der Waals surface area contributed by atoms with Crippen LogP contribution in [-0.2, 0) is 22.4 Å². The van der Waals surface area contributed by atoms with Gasteiger partial charge in [-0.3, -0.25) is 0 Å². The van der Waals surface area contributed by atoms with Gasteiger partial charge in [-0.15, -0.1) is 0 Å². The van der Waals surface area contributed by atoms with Crippen molar-refractivity contribution in [3.63, 3.8) is 0 Å². The second-order valence-corrected chi connectivity index (χ2v) is 11.0. The van der Waals surface area contributed by atoms with Crippen molar-refractivity contribution in [2.75, 3.05) is 0 Å². The van der Waals surface area contributed by atoms with E-state index in [-0.39, 0.29) is 22.4 Å². The van der Waals surface area contributed by atoms with E-state index in [1.54, 1.807) is 0 Å². The number of halogens is 1.